The van der Waals surface area contributed by atoms with Crippen molar-refractivity contribution >= 4 is 63.5 Å². The number of carboxylic acids is 1. The maximum absolute atomic E-state index is 12.3. The van der Waals surface area contributed by atoms with Crippen molar-refractivity contribution in [3.05, 3.63) is 124 Å². The molecule has 0 saturated heterocycles. The summed E-state index contributed by atoms with van der Waals surface area (Å²) in [6.07, 6.45) is 10.7. The van der Waals surface area contributed by atoms with Gasteiger partial charge in [0.2, 0.25) is 5.69 Å². The summed E-state index contributed by atoms with van der Waals surface area (Å²) in [6.45, 7) is 8.24. The van der Waals surface area contributed by atoms with Crippen molar-refractivity contribution in [1.29, 1.82) is 0 Å². The number of anilines is 1. The Labute approximate surface area is 398 Å². The number of aryl methyl sites for hydroxylation is 1. The van der Waals surface area contributed by atoms with Crippen LogP contribution in [0, 0.1) is 0 Å². The molecular weight excluding hydrogens is 961 g/mol. The van der Waals surface area contributed by atoms with E-state index in [1.807, 2.05) is 61.5 Å². The molecule has 21 heteroatoms. The minimum atomic E-state index is -4.56. The predicted molar refractivity (Wildman–Crippen MR) is 256 cm³/mol. The molecule has 6 rings (SSSR count). The molecule has 0 amide bonds. The first kappa shape index (κ1) is 52.4. The van der Waals surface area contributed by atoms with Gasteiger partial charge in [-0.3, -0.25) is 23.0 Å². The van der Waals surface area contributed by atoms with Gasteiger partial charge in [-0.05, 0) is 136 Å². The molecule has 0 fully saturated rings. The zero-order valence-corrected chi connectivity index (χ0v) is 41.4. The highest BCUT2D eigenvalue weighted by molar-refractivity contribution is 7.86. The molecule has 3 aromatic carbocycles. The lowest BCUT2D eigenvalue weighted by molar-refractivity contribution is -0.438. The van der Waals surface area contributed by atoms with Crippen molar-refractivity contribution in [3.63, 3.8) is 0 Å². The molecule has 0 atom stereocenters. The zero-order chi connectivity index (χ0) is 50.0. The number of fused-ring (bicyclic) bond motifs is 2. The van der Waals surface area contributed by atoms with Gasteiger partial charge in [-0.25, -0.2) is 0 Å². The lowest BCUT2D eigenvalue weighted by Gasteiger charge is -2.27. The van der Waals surface area contributed by atoms with Gasteiger partial charge in [-0.2, -0.15) is 38.2 Å². The summed E-state index contributed by atoms with van der Waals surface area (Å²) in [4.78, 5) is 12.7. The minimum absolute atomic E-state index is 0.0511. The van der Waals surface area contributed by atoms with Crippen LogP contribution in [0.25, 0.3) is 0 Å². The number of rotatable bonds is 20. The third-order valence-corrected chi connectivity index (χ3v) is 15.8. The molecule has 5 N–H and O–H groups in total. The molecule has 1 aliphatic carbocycles. The molecule has 17 nitrogen and oxygen atoms in total. The first-order chi connectivity index (χ1) is 31.6. The van der Waals surface area contributed by atoms with Crippen LogP contribution in [0.4, 0.5) is 11.4 Å². The summed E-state index contributed by atoms with van der Waals surface area (Å²) in [7, 11) is -17.5. The van der Waals surface area contributed by atoms with Crippen LogP contribution in [0.1, 0.15) is 95.8 Å². The van der Waals surface area contributed by atoms with Crippen LogP contribution in [-0.2, 0) is 62.5 Å². The van der Waals surface area contributed by atoms with Crippen molar-refractivity contribution in [3.8, 4) is 5.75 Å². The van der Waals surface area contributed by atoms with Gasteiger partial charge in [0.1, 0.15) is 18.1 Å². The maximum Gasteiger partial charge on any atom is 0.303 e. The molecule has 0 saturated carbocycles. The molecule has 0 bridgehead atoms. The molecule has 2 heterocycles. The van der Waals surface area contributed by atoms with E-state index in [-0.39, 0.29) is 29.1 Å². The summed E-state index contributed by atoms with van der Waals surface area (Å²) in [6, 6.07) is 15.7. The normalized spacial score (nSPS) is 18.5. The van der Waals surface area contributed by atoms with Crippen LogP contribution in [-0.4, -0.2) is 97.8 Å². The van der Waals surface area contributed by atoms with Crippen LogP contribution in [0.5, 0.6) is 5.75 Å². The standard InChI is InChI=1S/C47H56N2O15S4/c1-46(2)38-30-36(67(58,59)60)19-21-40(38)48(26-5-7-28-65(52,53)54)42(46)23-15-33-10-9-11-34(45(33)64-35-17-12-32(13-18-35)14-25-44(50)51)16-24-43-47(3,4)39-31-37(68(61,62)63)20-22-41(39)49(43)27-6-8-29-66(55,56)57/h12-13,15-24,30-31H,5-11,14,25-29H2,1-4H3,(H4-,50,51,52,53,54,55,56,57,58,59,60,61,62,63)/p+1. The number of allylic oxidation sites excluding steroid dienone is 7. The second-order valence-electron chi connectivity index (χ2n) is 18.2. The Hall–Kier alpha value is -5.00. The van der Waals surface area contributed by atoms with Crippen LogP contribution in [0.2, 0.25) is 0 Å². The van der Waals surface area contributed by atoms with Crippen LogP contribution in [0.3, 0.4) is 0 Å². The smallest absolute Gasteiger partial charge is 0.303 e. The van der Waals surface area contributed by atoms with Crippen LogP contribution < -0.4 is 9.64 Å². The molecule has 3 aliphatic rings. The highest BCUT2D eigenvalue weighted by Crippen LogP contribution is 2.49. The van der Waals surface area contributed by atoms with Crippen LogP contribution >= 0.6 is 0 Å². The van der Waals surface area contributed by atoms with E-state index in [1.165, 1.54) is 24.3 Å². The Morgan fingerprint density at radius 1 is 0.721 bits per heavy atom. The van der Waals surface area contributed by atoms with Gasteiger partial charge in [-0.15, -0.1) is 0 Å². The topological polar surface area (TPSA) is 270 Å². The lowest BCUT2D eigenvalue weighted by Crippen LogP contribution is -2.28. The number of aliphatic carboxylic acids is 1. The number of hydrogen-bond acceptors (Lipinski definition) is 11. The van der Waals surface area contributed by atoms with Gasteiger partial charge in [0, 0.05) is 53.9 Å². The van der Waals surface area contributed by atoms with E-state index < -0.39 is 68.8 Å². The van der Waals surface area contributed by atoms with Gasteiger partial charge in [0.05, 0.1) is 26.7 Å². The molecule has 3 aromatic rings. The number of carbonyl (C=O) groups is 1. The average Bonchev–Trinajstić information content (AvgIpc) is 3.58. The number of nitrogens with zero attached hydrogens (tertiary/aromatic N) is 2. The SMILES string of the molecule is CC1(C)C(=CC=C2CCCC(C=CC3=[N+](CCCCS(=O)(=O)O)c4ccc(S(=O)(=O)O)cc4C3(C)C)=C2Oc2ccc(CCC(=O)O)cc2)N(CCCCS(=O)(=O)O)c2ccc(S(=O)(=O)O)cc21. The Balaban J connectivity index is 1.47. The van der Waals surface area contributed by atoms with Crippen LogP contribution in [0.15, 0.2) is 117 Å². The first-order valence-corrected chi connectivity index (χ1v) is 28.0. The monoisotopic (exact) mass is 1020 g/mol. The zero-order valence-electron chi connectivity index (χ0n) is 38.1. The van der Waals surface area contributed by atoms with E-state index in [0.29, 0.717) is 85.6 Å². The number of unbranched alkanes of at least 4 members (excludes halogenated alkanes) is 2. The quantitative estimate of drug-likeness (QED) is 0.0414. The summed E-state index contributed by atoms with van der Waals surface area (Å²) < 4.78 is 143. The molecule has 0 unspecified atom stereocenters. The molecule has 2 aliphatic heterocycles. The predicted octanol–water partition coefficient (Wildman–Crippen LogP) is 7.59. The summed E-state index contributed by atoms with van der Waals surface area (Å²) in [5.74, 6) is -0.819. The second kappa shape index (κ2) is 20.2. The second-order valence-corrected chi connectivity index (χ2v) is 24.1. The van der Waals surface area contributed by atoms with Crippen molar-refractivity contribution in [2.45, 2.75) is 106 Å². The van der Waals surface area contributed by atoms with E-state index in [2.05, 4.69) is 0 Å². The average molecular weight is 1020 g/mol. The first-order valence-electron chi connectivity index (χ1n) is 21.9. The van der Waals surface area contributed by atoms with Gasteiger partial charge in [0.15, 0.2) is 5.71 Å². The Morgan fingerprint density at radius 2 is 1.32 bits per heavy atom. The molecule has 0 spiro atoms. The van der Waals surface area contributed by atoms with Crippen molar-refractivity contribution in [1.82, 2.24) is 0 Å². The van der Waals surface area contributed by atoms with Crippen molar-refractivity contribution in [2.24, 2.45) is 0 Å². The number of hydrogen-bond donors (Lipinski definition) is 5. The summed E-state index contributed by atoms with van der Waals surface area (Å²) >= 11 is 0. The Bertz CT molecular complexity index is 3090. The minimum Gasteiger partial charge on any atom is -0.481 e. The summed E-state index contributed by atoms with van der Waals surface area (Å²) in [5.41, 5.74) is 4.71. The molecule has 68 heavy (non-hydrogen) atoms. The van der Waals surface area contributed by atoms with Gasteiger partial charge >= 0.3 is 5.97 Å². The van der Waals surface area contributed by atoms with Crippen molar-refractivity contribution < 1.29 is 71.1 Å². The molecule has 0 aromatic heterocycles. The largest absolute Gasteiger partial charge is 0.481 e. The van der Waals surface area contributed by atoms with E-state index in [1.54, 1.807) is 36.4 Å². The van der Waals surface area contributed by atoms with Gasteiger partial charge < -0.3 is 14.7 Å². The summed E-state index contributed by atoms with van der Waals surface area (Å²) in [5, 5.41) is 9.23. The third kappa shape index (κ3) is 12.6. The molecule has 0 radical (unpaired) electrons. The number of benzene rings is 3. The molecular formula is C47H57N2O15S4+. The van der Waals surface area contributed by atoms with Gasteiger partial charge in [-0.1, -0.05) is 32.1 Å². The van der Waals surface area contributed by atoms with E-state index in [4.69, 9.17) is 4.74 Å². The Kier molecular flexibility index (Phi) is 15.5. The lowest BCUT2D eigenvalue weighted by atomic mass is 9.81. The maximum atomic E-state index is 12.3. The number of ether oxygens (including phenoxy) is 1. The van der Waals surface area contributed by atoms with E-state index in [9.17, 15) is 61.8 Å². The van der Waals surface area contributed by atoms with Gasteiger partial charge in [0.25, 0.3) is 40.5 Å². The van der Waals surface area contributed by atoms with Crippen molar-refractivity contribution in [2.75, 3.05) is 29.5 Å². The third-order valence-electron chi connectivity index (χ3n) is 12.5. The van der Waals surface area contributed by atoms with E-state index >= 15 is 0 Å². The van der Waals surface area contributed by atoms with E-state index in [0.717, 1.165) is 28.1 Å². The fourth-order valence-electron chi connectivity index (χ4n) is 9.02. The fourth-order valence-corrected chi connectivity index (χ4v) is 11.2. The highest BCUT2D eigenvalue weighted by atomic mass is 32.2. The number of carboxylic acid groups (broad SMARTS) is 1. The molecule has 368 valence electrons. The Morgan fingerprint density at radius 3 is 1.93 bits per heavy atom. The fraction of sp³-hybridized carbons (Fsp3) is 0.404. The highest BCUT2D eigenvalue weighted by Gasteiger charge is 2.45.